The van der Waals surface area contributed by atoms with E-state index in [9.17, 15) is 4.79 Å². The minimum atomic E-state index is -0.794. The summed E-state index contributed by atoms with van der Waals surface area (Å²) in [5, 5.41) is 19.9. The third-order valence-electron chi connectivity index (χ3n) is 2.32. The van der Waals surface area contributed by atoms with Crippen molar-refractivity contribution in [2.75, 3.05) is 18.0 Å². The molecule has 0 atom stereocenters. The van der Waals surface area contributed by atoms with E-state index in [-0.39, 0.29) is 6.42 Å². The lowest BCUT2D eigenvalue weighted by Gasteiger charge is -2.18. The van der Waals surface area contributed by atoms with Crippen LogP contribution in [0, 0.1) is 0 Å². The van der Waals surface area contributed by atoms with Gasteiger partial charge in [-0.25, -0.2) is 4.68 Å². The predicted octanol–water partition coefficient (Wildman–Crippen LogP) is 0.384. The summed E-state index contributed by atoms with van der Waals surface area (Å²) in [7, 11) is 0. The number of carbonyl (C=O) groups is 1. The molecular weight excluding hydrogens is 210 g/mol. The summed E-state index contributed by atoms with van der Waals surface area (Å²) in [5.41, 5.74) is 0. The first-order valence-corrected chi connectivity index (χ1v) is 5.42. The quantitative estimate of drug-likeness (QED) is 0.725. The smallest absolute Gasteiger partial charge is 0.303 e. The van der Waals surface area contributed by atoms with Crippen LogP contribution in [0.5, 0.6) is 0 Å². The van der Waals surface area contributed by atoms with E-state index >= 15 is 0 Å². The summed E-state index contributed by atoms with van der Waals surface area (Å²) in [5.74, 6) is -0.0900. The topological polar surface area (TPSA) is 84.1 Å². The molecule has 1 N–H and O–H groups in total. The standard InChI is InChI=1S/C9H17N5O2/c1-3-13(4-2)9-10-11-12-14(9)7-5-6-8(15)16/h3-7H2,1-2H3,(H,15,16). The Morgan fingerprint density at radius 2 is 2.12 bits per heavy atom. The van der Waals surface area contributed by atoms with E-state index in [0.29, 0.717) is 18.9 Å². The second-order valence-electron chi connectivity index (χ2n) is 3.37. The van der Waals surface area contributed by atoms with Gasteiger partial charge in [-0.15, -0.1) is 0 Å². The van der Waals surface area contributed by atoms with E-state index in [4.69, 9.17) is 5.11 Å². The lowest BCUT2D eigenvalue weighted by molar-refractivity contribution is -0.137. The third kappa shape index (κ3) is 3.18. The van der Waals surface area contributed by atoms with Crippen LogP contribution in [-0.2, 0) is 11.3 Å². The normalized spacial score (nSPS) is 10.4. The van der Waals surface area contributed by atoms with Gasteiger partial charge in [0.2, 0.25) is 5.95 Å². The highest BCUT2D eigenvalue weighted by atomic mass is 16.4. The third-order valence-corrected chi connectivity index (χ3v) is 2.32. The van der Waals surface area contributed by atoms with Gasteiger partial charge in [-0.05, 0) is 30.7 Å². The van der Waals surface area contributed by atoms with Crippen molar-refractivity contribution >= 4 is 11.9 Å². The highest BCUT2D eigenvalue weighted by Crippen LogP contribution is 2.08. The van der Waals surface area contributed by atoms with E-state index in [1.54, 1.807) is 4.68 Å². The second-order valence-corrected chi connectivity index (χ2v) is 3.37. The van der Waals surface area contributed by atoms with Gasteiger partial charge in [-0.2, -0.15) is 0 Å². The van der Waals surface area contributed by atoms with Gasteiger partial charge in [0.15, 0.2) is 0 Å². The average Bonchev–Trinajstić information content (AvgIpc) is 2.68. The number of carboxylic acid groups (broad SMARTS) is 1. The van der Waals surface area contributed by atoms with Gasteiger partial charge in [-0.1, -0.05) is 5.10 Å². The van der Waals surface area contributed by atoms with E-state index in [1.807, 2.05) is 18.7 Å². The van der Waals surface area contributed by atoms with Crippen LogP contribution in [0.2, 0.25) is 0 Å². The number of tetrazole rings is 1. The fourth-order valence-electron chi connectivity index (χ4n) is 1.46. The molecule has 0 unspecified atom stereocenters. The van der Waals surface area contributed by atoms with Crippen molar-refractivity contribution in [1.82, 2.24) is 20.2 Å². The SMILES string of the molecule is CCN(CC)c1nnnn1CCCC(=O)O. The lowest BCUT2D eigenvalue weighted by Crippen LogP contribution is -2.26. The van der Waals surface area contributed by atoms with Crippen LogP contribution in [0.4, 0.5) is 5.95 Å². The number of hydrogen-bond donors (Lipinski definition) is 1. The molecule has 90 valence electrons. The molecule has 0 aromatic carbocycles. The van der Waals surface area contributed by atoms with E-state index in [0.717, 1.165) is 13.1 Å². The Kier molecular flexibility index (Phi) is 4.68. The predicted molar refractivity (Wildman–Crippen MR) is 58.2 cm³/mol. The minimum absolute atomic E-state index is 0.136. The average molecular weight is 227 g/mol. The first kappa shape index (κ1) is 12.4. The molecule has 0 aliphatic rings. The van der Waals surface area contributed by atoms with Crippen molar-refractivity contribution in [3.8, 4) is 0 Å². The van der Waals surface area contributed by atoms with Crippen molar-refractivity contribution in [2.24, 2.45) is 0 Å². The summed E-state index contributed by atoms with van der Waals surface area (Å²) >= 11 is 0. The number of carboxylic acids is 1. The Morgan fingerprint density at radius 3 is 2.69 bits per heavy atom. The summed E-state index contributed by atoms with van der Waals surface area (Å²) < 4.78 is 1.65. The number of aryl methyl sites for hydroxylation is 1. The summed E-state index contributed by atoms with van der Waals surface area (Å²) in [6.45, 7) is 6.25. The molecule has 1 aromatic heterocycles. The van der Waals surface area contributed by atoms with Gasteiger partial charge in [0.1, 0.15) is 0 Å². The molecule has 1 rings (SSSR count). The van der Waals surface area contributed by atoms with Crippen LogP contribution >= 0.6 is 0 Å². The molecule has 0 aliphatic heterocycles. The second kappa shape index (κ2) is 6.04. The fraction of sp³-hybridized carbons (Fsp3) is 0.778. The number of aromatic nitrogens is 4. The number of hydrogen-bond acceptors (Lipinski definition) is 5. The van der Waals surface area contributed by atoms with Gasteiger partial charge in [-0.3, -0.25) is 4.79 Å². The Balaban J connectivity index is 2.59. The first-order chi connectivity index (χ1) is 7.69. The first-order valence-electron chi connectivity index (χ1n) is 5.42. The molecule has 7 nitrogen and oxygen atoms in total. The van der Waals surface area contributed by atoms with Crippen LogP contribution in [0.25, 0.3) is 0 Å². The van der Waals surface area contributed by atoms with Crippen molar-refractivity contribution in [3.63, 3.8) is 0 Å². The largest absolute Gasteiger partial charge is 0.481 e. The molecule has 0 amide bonds. The molecule has 0 aliphatic carbocycles. The molecule has 7 heteroatoms. The Labute approximate surface area is 94.0 Å². The van der Waals surface area contributed by atoms with Gasteiger partial charge < -0.3 is 10.0 Å². The van der Waals surface area contributed by atoms with Crippen molar-refractivity contribution in [2.45, 2.75) is 33.2 Å². The lowest BCUT2D eigenvalue weighted by atomic mass is 10.3. The summed E-state index contributed by atoms with van der Waals surface area (Å²) in [6.07, 6.45) is 0.673. The monoisotopic (exact) mass is 227 g/mol. The molecular formula is C9H17N5O2. The molecule has 1 heterocycles. The maximum Gasteiger partial charge on any atom is 0.303 e. The molecule has 0 saturated carbocycles. The zero-order valence-corrected chi connectivity index (χ0v) is 9.63. The minimum Gasteiger partial charge on any atom is -0.481 e. The maximum atomic E-state index is 10.4. The summed E-state index contributed by atoms with van der Waals surface area (Å²) in [6, 6.07) is 0. The zero-order chi connectivity index (χ0) is 12.0. The molecule has 1 aromatic rings. The summed E-state index contributed by atoms with van der Waals surface area (Å²) in [4.78, 5) is 12.4. The number of rotatable bonds is 7. The molecule has 0 spiro atoms. The van der Waals surface area contributed by atoms with Crippen molar-refractivity contribution < 1.29 is 9.90 Å². The molecule has 0 bridgehead atoms. The van der Waals surface area contributed by atoms with Crippen LogP contribution in [0.3, 0.4) is 0 Å². The maximum absolute atomic E-state index is 10.4. The van der Waals surface area contributed by atoms with Crippen molar-refractivity contribution in [3.05, 3.63) is 0 Å². The van der Waals surface area contributed by atoms with Crippen LogP contribution < -0.4 is 4.90 Å². The molecule has 16 heavy (non-hydrogen) atoms. The molecule has 0 radical (unpaired) electrons. The van der Waals surface area contributed by atoms with Crippen molar-refractivity contribution in [1.29, 1.82) is 0 Å². The van der Waals surface area contributed by atoms with Crippen LogP contribution in [-0.4, -0.2) is 44.4 Å². The van der Waals surface area contributed by atoms with Gasteiger partial charge in [0.05, 0.1) is 0 Å². The number of anilines is 1. The highest BCUT2D eigenvalue weighted by Gasteiger charge is 2.11. The highest BCUT2D eigenvalue weighted by molar-refractivity contribution is 5.66. The Morgan fingerprint density at radius 1 is 1.44 bits per heavy atom. The van der Waals surface area contributed by atoms with Gasteiger partial charge in [0.25, 0.3) is 0 Å². The van der Waals surface area contributed by atoms with Crippen LogP contribution in [0.15, 0.2) is 0 Å². The Hall–Kier alpha value is -1.66. The zero-order valence-electron chi connectivity index (χ0n) is 9.63. The van der Waals surface area contributed by atoms with Gasteiger partial charge in [0, 0.05) is 26.1 Å². The Bertz CT molecular complexity index is 334. The van der Waals surface area contributed by atoms with E-state index in [2.05, 4.69) is 15.5 Å². The van der Waals surface area contributed by atoms with Gasteiger partial charge >= 0.3 is 5.97 Å². The number of aliphatic carboxylic acids is 1. The fourth-order valence-corrected chi connectivity index (χ4v) is 1.46. The molecule has 0 saturated heterocycles. The van der Waals surface area contributed by atoms with E-state index < -0.39 is 5.97 Å². The van der Waals surface area contributed by atoms with Crippen LogP contribution in [0.1, 0.15) is 26.7 Å². The van der Waals surface area contributed by atoms with E-state index in [1.165, 1.54) is 0 Å². The number of nitrogens with zero attached hydrogens (tertiary/aromatic N) is 5. The molecule has 0 fully saturated rings.